The molecule has 0 aliphatic carbocycles. The van der Waals surface area contributed by atoms with Crippen LogP contribution in [-0.2, 0) is 11.3 Å². The fraction of sp³-hybridized carbons (Fsp3) is 0.389. The molecule has 8 nitrogen and oxygen atoms in total. The average Bonchev–Trinajstić information content (AvgIpc) is 3.25. The highest BCUT2D eigenvalue weighted by Crippen LogP contribution is 2.36. The third-order valence-corrected chi connectivity index (χ3v) is 5.63. The number of carboxylic acid groups (broad SMARTS) is 1. The first kappa shape index (κ1) is 20.4. The molecule has 0 bridgehead atoms. The lowest BCUT2D eigenvalue weighted by atomic mass is 10.2. The third kappa shape index (κ3) is 4.33. The van der Waals surface area contributed by atoms with E-state index < -0.39 is 12.3 Å². The molecular formula is C18H17F3N4O4S. The Morgan fingerprint density at radius 3 is 2.67 bits per heavy atom. The monoisotopic (exact) mass is 442 g/mol. The Morgan fingerprint density at radius 1 is 1.30 bits per heavy atom. The normalized spacial score (nSPS) is 15.0. The predicted octanol–water partition coefficient (Wildman–Crippen LogP) is 3.28. The van der Waals surface area contributed by atoms with Gasteiger partial charge in [-0.1, -0.05) is 11.3 Å². The second-order valence-electron chi connectivity index (χ2n) is 6.71. The van der Waals surface area contributed by atoms with E-state index in [0.29, 0.717) is 52.9 Å². The number of morpholine rings is 1. The molecule has 1 fully saturated rings. The van der Waals surface area contributed by atoms with Crippen molar-refractivity contribution in [2.45, 2.75) is 19.8 Å². The van der Waals surface area contributed by atoms with Crippen LogP contribution in [0.2, 0.25) is 0 Å². The molecule has 1 N–H and O–H groups in total. The quantitative estimate of drug-likeness (QED) is 0.649. The van der Waals surface area contributed by atoms with Crippen LogP contribution >= 0.6 is 11.3 Å². The molecule has 2 aromatic heterocycles. The van der Waals surface area contributed by atoms with Crippen LogP contribution in [0.15, 0.2) is 18.2 Å². The number of aromatic nitrogens is 3. The van der Waals surface area contributed by atoms with E-state index in [1.165, 1.54) is 34.2 Å². The second-order valence-corrected chi connectivity index (χ2v) is 7.72. The zero-order valence-electron chi connectivity index (χ0n) is 15.8. The standard InChI is InChI=1S/C18H17F3N4O4S/c1-10-6-13(16(26)27)23-25(10)9-11-7-12(29-18(19,20)21)8-14-15(11)22-17(30-14)24-2-4-28-5-3-24/h6-8H,2-5,9H2,1H3,(H,26,27). The fourth-order valence-corrected chi connectivity index (χ4v) is 4.29. The maximum atomic E-state index is 12.8. The number of ether oxygens (including phenoxy) is 2. The van der Waals surface area contributed by atoms with Gasteiger partial charge in [-0.2, -0.15) is 5.10 Å². The highest BCUT2D eigenvalue weighted by molar-refractivity contribution is 7.22. The van der Waals surface area contributed by atoms with Crippen LogP contribution in [0.1, 0.15) is 21.7 Å². The smallest absolute Gasteiger partial charge is 0.476 e. The molecule has 0 spiro atoms. The fourth-order valence-electron chi connectivity index (χ4n) is 3.20. The van der Waals surface area contributed by atoms with Crippen molar-refractivity contribution < 1.29 is 32.5 Å². The number of halogens is 3. The van der Waals surface area contributed by atoms with Crippen LogP contribution in [0.25, 0.3) is 10.2 Å². The van der Waals surface area contributed by atoms with Gasteiger partial charge in [0, 0.05) is 30.4 Å². The van der Waals surface area contributed by atoms with Crippen molar-refractivity contribution in [2.24, 2.45) is 0 Å². The zero-order chi connectivity index (χ0) is 21.5. The minimum Gasteiger partial charge on any atom is -0.476 e. The summed E-state index contributed by atoms with van der Waals surface area (Å²) in [6.07, 6.45) is -4.83. The van der Waals surface area contributed by atoms with Gasteiger partial charge in [-0.25, -0.2) is 9.78 Å². The number of thiazole rings is 1. The highest BCUT2D eigenvalue weighted by atomic mass is 32.1. The summed E-state index contributed by atoms with van der Waals surface area (Å²) in [4.78, 5) is 17.8. The van der Waals surface area contributed by atoms with Crippen molar-refractivity contribution in [3.8, 4) is 5.75 Å². The molecule has 0 unspecified atom stereocenters. The highest BCUT2D eigenvalue weighted by Gasteiger charge is 2.32. The molecule has 4 rings (SSSR count). The number of hydrogen-bond donors (Lipinski definition) is 1. The van der Waals surface area contributed by atoms with E-state index in [-0.39, 0.29) is 18.0 Å². The van der Waals surface area contributed by atoms with E-state index in [0.717, 1.165) is 0 Å². The third-order valence-electron chi connectivity index (χ3n) is 4.57. The molecule has 3 aromatic rings. The molecule has 30 heavy (non-hydrogen) atoms. The Hall–Kier alpha value is -2.86. The van der Waals surface area contributed by atoms with Crippen LogP contribution in [0, 0.1) is 6.92 Å². The van der Waals surface area contributed by atoms with E-state index in [2.05, 4.69) is 14.8 Å². The number of hydrogen-bond acceptors (Lipinski definition) is 7. The topological polar surface area (TPSA) is 89.7 Å². The first-order valence-corrected chi connectivity index (χ1v) is 9.81. The number of alkyl halides is 3. The molecule has 1 aliphatic heterocycles. The van der Waals surface area contributed by atoms with Crippen molar-refractivity contribution in [1.29, 1.82) is 0 Å². The molecule has 1 saturated heterocycles. The molecule has 3 heterocycles. The van der Waals surface area contributed by atoms with Crippen molar-refractivity contribution in [3.05, 3.63) is 35.2 Å². The maximum absolute atomic E-state index is 12.8. The number of benzene rings is 1. The van der Waals surface area contributed by atoms with Gasteiger partial charge in [0.2, 0.25) is 0 Å². The number of aryl methyl sites for hydroxylation is 1. The van der Waals surface area contributed by atoms with Gasteiger partial charge in [-0.15, -0.1) is 13.2 Å². The molecule has 0 amide bonds. The number of aromatic carboxylic acids is 1. The number of fused-ring (bicyclic) bond motifs is 1. The first-order valence-electron chi connectivity index (χ1n) is 8.99. The van der Waals surface area contributed by atoms with Crippen LogP contribution < -0.4 is 9.64 Å². The van der Waals surface area contributed by atoms with Gasteiger partial charge < -0.3 is 19.5 Å². The largest absolute Gasteiger partial charge is 0.573 e. The van der Waals surface area contributed by atoms with Crippen molar-refractivity contribution in [3.63, 3.8) is 0 Å². The van der Waals surface area contributed by atoms with Gasteiger partial charge in [0.25, 0.3) is 0 Å². The Bertz CT molecular complexity index is 1090. The number of nitrogens with zero attached hydrogens (tertiary/aromatic N) is 4. The van der Waals surface area contributed by atoms with Crippen molar-refractivity contribution >= 4 is 32.7 Å². The molecule has 0 atom stereocenters. The van der Waals surface area contributed by atoms with E-state index in [1.807, 2.05) is 4.90 Å². The summed E-state index contributed by atoms with van der Waals surface area (Å²) in [5, 5.41) is 13.8. The first-order chi connectivity index (χ1) is 14.2. The number of anilines is 1. The molecule has 12 heteroatoms. The molecule has 1 aromatic carbocycles. The molecule has 0 radical (unpaired) electrons. The number of carboxylic acids is 1. The van der Waals surface area contributed by atoms with Crippen molar-refractivity contribution in [1.82, 2.24) is 14.8 Å². The lowest BCUT2D eigenvalue weighted by molar-refractivity contribution is -0.274. The Balaban J connectivity index is 1.76. The summed E-state index contributed by atoms with van der Waals surface area (Å²) in [7, 11) is 0. The lowest BCUT2D eigenvalue weighted by Crippen LogP contribution is -2.36. The Morgan fingerprint density at radius 2 is 2.03 bits per heavy atom. The summed E-state index contributed by atoms with van der Waals surface area (Å²) in [5.41, 5.74) is 1.40. The van der Waals surface area contributed by atoms with Gasteiger partial charge in [-0.3, -0.25) is 4.68 Å². The summed E-state index contributed by atoms with van der Waals surface area (Å²) < 4.78 is 49.9. The molecule has 160 valence electrons. The average molecular weight is 442 g/mol. The van der Waals surface area contributed by atoms with Crippen LogP contribution in [-0.4, -0.2) is 58.5 Å². The number of rotatable bonds is 5. The Kier molecular flexibility index (Phi) is 5.28. The summed E-state index contributed by atoms with van der Waals surface area (Å²) in [5.74, 6) is -1.54. The van der Waals surface area contributed by atoms with E-state index in [1.54, 1.807) is 6.92 Å². The molecular weight excluding hydrogens is 425 g/mol. The SMILES string of the molecule is Cc1cc(C(=O)O)nn1Cc1cc(OC(F)(F)F)cc2sc(N3CCOCC3)nc12. The van der Waals surface area contributed by atoms with Gasteiger partial charge in [-0.05, 0) is 19.1 Å². The second kappa shape index (κ2) is 7.76. The summed E-state index contributed by atoms with van der Waals surface area (Å²) >= 11 is 1.27. The lowest BCUT2D eigenvalue weighted by Gasteiger charge is -2.25. The van der Waals surface area contributed by atoms with E-state index in [9.17, 15) is 18.0 Å². The zero-order valence-corrected chi connectivity index (χ0v) is 16.6. The molecule has 1 aliphatic rings. The van der Waals surface area contributed by atoms with Crippen LogP contribution in [0.5, 0.6) is 5.75 Å². The molecule has 0 saturated carbocycles. The van der Waals surface area contributed by atoms with Crippen LogP contribution in [0.4, 0.5) is 18.3 Å². The minimum absolute atomic E-state index is 0.0525. The van der Waals surface area contributed by atoms with Gasteiger partial charge in [0.1, 0.15) is 5.75 Å². The van der Waals surface area contributed by atoms with Crippen LogP contribution in [0.3, 0.4) is 0 Å². The van der Waals surface area contributed by atoms with Gasteiger partial charge in [0.05, 0.1) is 30.0 Å². The predicted molar refractivity (Wildman–Crippen MR) is 102 cm³/mol. The van der Waals surface area contributed by atoms with E-state index in [4.69, 9.17) is 9.84 Å². The van der Waals surface area contributed by atoms with Gasteiger partial charge in [0.15, 0.2) is 10.8 Å². The number of carbonyl (C=O) groups is 1. The van der Waals surface area contributed by atoms with E-state index >= 15 is 0 Å². The van der Waals surface area contributed by atoms with Crippen molar-refractivity contribution in [2.75, 3.05) is 31.2 Å². The van der Waals surface area contributed by atoms with Gasteiger partial charge >= 0.3 is 12.3 Å². The Labute approximate surface area is 172 Å². The summed E-state index contributed by atoms with van der Waals surface area (Å²) in [6.45, 7) is 4.11. The maximum Gasteiger partial charge on any atom is 0.573 e. The minimum atomic E-state index is -4.83. The summed E-state index contributed by atoms with van der Waals surface area (Å²) in [6, 6.07) is 3.97.